The molecule has 114 valence electrons. The van der Waals surface area contributed by atoms with Crippen molar-refractivity contribution in [1.82, 2.24) is 0 Å². The van der Waals surface area contributed by atoms with Crippen molar-refractivity contribution in [1.29, 1.82) is 0 Å². The van der Waals surface area contributed by atoms with E-state index < -0.39 is 17.5 Å². The van der Waals surface area contributed by atoms with Gasteiger partial charge >= 0.3 is 0 Å². The summed E-state index contributed by atoms with van der Waals surface area (Å²) in [5.74, 6) is -2.20. The Labute approximate surface area is 127 Å². The van der Waals surface area contributed by atoms with Crippen molar-refractivity contribution in [2.75, 3.05) is 11.4 Å². The molecule has 0 saturated heterocycles. The number of carbonyl (C=O) groups is 1. The predicted octanol–water partition coefficient (Wildman–Crippen LogP) is 1.83. The molecule has 7 heteroatoms. The standard InChI is InChI=1S/C14H17F2N3OS/c15-10-5-8(14(18)21)6-11(16)13(10)19(7-12(17)20)9-3-1-2-4-9/h5-6,9H,1-4,7H2,(H2,17,20)(H2,18,21). The molecule has 1 aliphatic rings. The molecule has 2 rings (SSSR count). The Hall–Kier alpha value is -1.76. The number of hydrogen-bond donors (Lipinski definition) is 2. The van der Waals surface area contributed by atoms with Crippen molar-refractivity contribution in [2.45, 2.75) is 31.7 Å². The molecular weight excluding hydrogens is 296 g/mol. The van der Waals surface area contributed by atoms with Gasteiger partial charge in [-0.2, -0.15) is 0 Å². The first kappa shape index (κ1) is 15.6. The number of benzene rings is 1. The summed E-state index contributed by atoms with van der Waals surface area (Å²) in [7, 11) is 0. The molecule has 0 atom stereocenters. The first-order chi connectivity index (χ1) is 9.90. The zero-order valence-electron chi connectivity index (χ0n) is 11.4. The Kier molecular flexibility index (Phi) is 4.72. The van der Waals surface area contributed by atoms with Crippen LogP contribution < -0.4 is 16.4 Å². The van der Waals surface area contributed by atoms with E-state index in [1.54, 1.807) is 0 Å². The van der Waals surface area contributed by atoms with Gasteiger partial charge in [0.25, 0.3) is 0 Å². The molecule has 1 fully saturated rings. The van der Waals surface area contributed by atoms with E-state index in [1.165, 1.54) is 4.90 Å². The summed E-state index contributed by atoms with van der Waals surface area (Å²) in [5, 5.41) is 0. The van der Waals surface area contributed by atoms with Crippen LogP contribution in [0, 0.1) is 11.6 Å². The third kappa shape index (κ3) is 3.47. The second-order valence-electron chi connectivity index (χ2n) is 5.19. The number of anilines is 1. The zero-order chi connectivity index (χ0) is 15.6. The summed E-state index contributed by atoms with van der Waals surface area (Å²) in [6, 6.07) is 2.09. The molecule has 1 saturated carbocycles. The van der Waals surface area contributed by atoms with Gasteiger partial charge in [-0.1, -0.05) is 25.1 Å². The average Bonchev–Trinajstić information content (AvgIpc) is 2.89. The Morgan fingerprint density at radius 2 is 1.76 bits per heavy atom. The number of nitrogens with zero attached hydrogens (tertiary/aromatic N) is 1. The first-order valence-electron chi connectivity index (χ1n) is 6.74. The van der Waals surface area contributed by atoms with Crippen molar-refractivity contribution in [3.63, 3.8) is 0 Å². The van der Waals surface area contributed by atoms with Crippen LogP contribution in [-0.4, -0.2) is 23.5 Å². The van der Waals surface area contributed by atoms with E-state index in [0.29, 0.717) is 0 Å². The van der Waals surface area contributed by atoms with Crippen molar-refractivity contribution < 1.29 is 13.6 Å². The van der Waals surface area contributed by atoms with Crippen LogP contribution in [-0.2, 0) is 4.79 Å². The summed E-state index contributed by atoms with van der Waals surface area (Å²) >= 11 is 4.72. The van der Waals surface area contributed by atoms with Crippen LogP contribution in [0.3, 0.4) is 0 Å². The lowest BCUT2D eigenvalue weighted by atomic mass is 10.1. The van der Waals surface area contributed by atoms with Gasteiger partial charge in [0.1, 0.15) is 22.3 Å². The van der Waals surface area contributed by atoms with Crippen LogP contribution in [0.1, 0.15) is 31.2 Å². The lowest BCUT2D eigenvalue weighted by molar-refractivity contribution is -0.116. The van der Waals surface area contributed by atoms with Crippen LogP contribution >= 0.6 is 12.2 Å². The minimum absolute atomic E-state index is 0.0818. The number of nitrogens with two attached hydrogens (primary N) is 2. The minimum atomic E-state index is -0.786. The maximum Gasteiger partial charge on any atom is 0.236 e. The number of thiocarbonyl (C=S) groups is 1. The molecule has 0 heterocycles. The monoisotopic (exact) mass is 313 g/mol. The Balaban J connectivity index is 2.43. The van der Waals surface area contributed by atoms with E-state index in [2.05, 4.69) is 0 Å². The number of carbonyl (C=O) groups excluding carboxylic acids is 1. The van der Waals surface area contributed by atoms with Gasteiger partial charge in [0.15, 0.2) is 0 Å². The zero-order valence-corrected chi connectivity index (χ0v) is 12.3. The molecule has 0 aromatic heterocycles. The van der Waals surface area contributed by atoms with Gasteiger partial charge in [-0.15, -0.1) is 0 Å². The van der Waals surface area contributed by atoms with Gasteiger partial charge in [-0.05, 0) is 25.0 Å². The molecule has 1 aromatic carbocycles. The largest absolute Gasteiger partial charge is 0.389 e. The molecule has 0 aliphatic heterocycles. The van der Waals surface area contributed by atoms with E-state index in [4.69, 9.17) is 23.7 Å². The smallest absolute Gasteiger partial charge is 0.236 e. The topological polar surface area (TPSA) is 72.4 Å². The molecular formula is C14H17F2N3OS. The number of halogens is 2. The van der Waals surface area contributed by atoms with Gasteiger partial charge in [0.2, 0.25) is 5.91 Å². The molecule has 0 spiro atoms. The van der Waals surface area contributed by atoms with Crippen LogP contribution in [0.25, 0.3) is 0 Å². The van der Waals surface area contributed by atoms with Gasteiger partial charge in [-0.25, -0.2) is 8.78 Å². The first-order valence-corrected chi connectivity index (χ1v) is 7.14. The Morgan fingerprint density at radius 1 is 1.24 bits per heavy atom. The van der Waals surface area contributed by atoms with Crippen LogP contribution in [0.15, 0.2) is 12.1 Å². The Bertz CT molecular complexity index is 550. The SMILES string of the molecule is NC(=O)CN(c1c(F)cc(C(N)=S)cc1F)C1CCCC1. The fourth-order valence-electron chi connectivity index (χ4n) is 2.76. The van der Waals surface area contributed by atoms with Crippen molar-refractivity contribution >= 4 is 28.8 Å². The highest BCUT2D eigenvalue weighted by Crippen LogP contribution is 2.32. The molecule has 1 aromatic rings. The van der Waals surface area contributed by atoms with E-state index in [9.17, 15) is 13.6 Å². The minimum Gasteiger partial charge on any atom is -0.389 e. The maximum atomic E-state index is 14.3. The highest BCUT2D eigenvalue weighted by Gasteiger charge is 2.28. The second kappa shape index (κ2) is 6.34. The number of rotatable bonds is 5. The third-order valence-corrected chi connectivity index (χ3v) is 3.92. The normalized spacial score (nSPS) is 15.1. The molecule has 0 radical (unpaired) electrons. The fraction of sp³-hybridized carbons (Fsp3) is 0.429. The van der Waals surface area contributed by atoms with Crippen LogP contribution in [0.5, 0.6) is 0 Å². The van der Waals surface area contributed by atoms with Crippen LogP contribution in [0.4, 0.5) is 14.5 Å². The lowest BCUT2D eigenvalue weighted by Crippen LogP contribution is -2.41. The maximum absolute atomic E-state index is 14.3. The van der Waals surface area contributed by atoms with Gasteiger partial charge in [-0.3, -0.25) is 4.79 Å². The average molecular weight is 313 g/mol. The summed E-state index contributed by atoms with van der Waals surface area (Å²) < 4.78 is 28.6. The molecule has 0 unspecified atom stereocenters. The molecule has 4 N–H and O–H groups in total. The highest BCUT2D eigenvalue weighted by molar-refractivity contribution is 7.80. The molecule has 4 nitrogen and oxygen atoms in total. The van der Waals surface area contributed by atoms with E-state index in [-0.39, 0.29) is 28.8 Å². The summed E-state index contributed by atoms with van der Waals surface area (Å²) in [6.07, 6.45) is 3.49. The third-order valence-electron chi connectivity index (χ3n) is 3.68. The lowest BCUT2D eigenvalue weighted by Gasteiger charge is -2.30. The van der Waals surface area contributed by atoms with Crippen molar-refractivity contribution in [3.8, 4) is 0 Å². The van der Waals surface area contributed by atoms with Crippen LogP contribution in [0.2, 0.25) is 0 Å². The summed E-state index contributed by atoms with van der Waals surface area (Å²) in [4.78, 5) is 12.6. The van der Waals surface area contributed by atoms with Gasteiger partial charge in [0, 0.05) is 11.6 Å². The number of hydrogen-bond acceptors (Lipinski definition) is 3. The quantitative estimate of drug-likeness (QED) is 0.814. The number of amides is 1. The van der Waals surface area contributed by atoms with Crippen molar-refractivity contribution in [2.24, 2.45) is 11.5 Å². The second-order valence-corrected chi connectivity index (χ2v) is 5.63. The van der Waals surface area contributed by atoms with E-state index >= 15 is 0 Å². The summed E-state index contributed by atoms with van der Waals surface area (Å²) in [6.45, 7) is -0.217. The molecule has 21 heavy (non-hydrogen) atoms. The van der Waals surface area contributed by atoms with E-state index in [0.717, 1.165) is 37.8 Å². The number of primary amides is 1. The highest BCUT2D eigenvalue weighted by atomic mass is 32.1. The Morgan fingerprint density at radius 3 is 2.19 bits per heavy atom. The van der Waals surface area contributed by atoms with E-state index in [1.807, 2.05) is 0 Å². The molecule has 1 aliphatic carbocycles. The van der Waals surface area contributed by atoms with Gasteiger partial charge in [0.05, 0.1) is 6.54 Å². The molecule has 1 amide bonds. The molecule has 0 bridgehead atoms. The fourth-order valence-corrected chi connectivity index (χ4v) is 2.87. The van der Waals surface area contributed by atoms with Gasteiger partial charge < -0.3 is 16.4 Å². The predicted molar refractivity (Wildman–Crippen MR) is 81.0 cm³/mol. The van der Waals surface area contributed by atoms with Crippen molar-refractivity contribution in [3.05, 3.63) is 29.3 Å². The summed E-state index contributed by atoms with van der Waals surface area (Å²) in [5.41, 5.74) is 10.5.